The first-order valence-electron chi connectivity index (χ1n) is 12.0. The molecule has 1 aliphatic carbocycles. The van der Waals surface area contributed by atoms with E-state index >= 15 is 0 Å². The van der Waals surface area contributed by atoms with Gasteiger partial charge in [0.25, 0.3) is 5.91 Å². The van der Waals surface area contributed by atoms with E-state index in [2.05, 4.69) is 15.8 Å². The number of carbonyl (C=O) groups is 2. The van der Waals surface area contributed by atoms with Crippen molar-refractivity contribution in [3.63, 3.8) is 0 Å². The Balaban J connectivity index is 1.24. The van der Waals surface area contributed by atoms with Crippen LogP contribution in [0.2, 0.25) is 5.02 Å². The molecule has 2 amide bonds. The monoisotopic (exact) mass is 476 g/mol. The minimum atomic E-state index is -0.387. The third-order valence-electron chi connectivity index (χ3n) is 6.51. The number of nitrogens with one attached hydrogen (secondary N) is 2. The van der Waals surface area contributed by atoms with Gasteiger partial charge in [-0.2, -0.15) is 0 Å². The lowest BCUT2D eigenvalue weighted by molar-refractivity contribution is -0.198. The molecule has 180 valence electrons. The second-order valence-electron chi connectivity index (χ2n) is 9.06. The zero-order chi connectivity index (χ0) is 23.0. The number of hydrogen-bond acceptors (Lipinski definition) is 6. The van der Waals surface area contributed by atoms with Gasteiger partial charge < -0.3 is 15.0 Å². The number of rotatable bonds is 7. The lowest BCUT2D eigenvalue weighted by Gasteiger charge is -2.26. The Hall–Kier alpha value is -2.16. The van der Waals surface area contributed by atoms with Gasteiger partial charge in [0.05, 0.1) is 5.02 Å². The van der Waals surface area contributed by atoms with E-state index in [1.54, 1.807) is 18.3 Å². The van der Waals surface area contributed by atoms with Crippen molar-refractivity contribution in [3.05, 3.63) is 28.9 Å². The van der Waals surface area contributed by atoms with Crippen LogP contribution in [-0.2, 0) is 19.2 Å². The van der Waals surface area contributed by atoms with E-state index in [1.165, 1.54) is 12.5 Å². The van der Waals surface area contributed by atoms with Crippen LogP contribution in [0.5, 0.6) is 0 Å². The summed E-state index contributed by atoms with van der Waals surface area (Å²) >= 11 is 6.43. The maximum absolute atomic E-state index is 12.8. The summed E-state index contributed by atoms with van der Waals surface area (Å²) in [5.74, 6) is 0.711. The molecule has 3 heterocycles. The summed E-state index contributed by atoms with van der Waals surface area (Å²) in [6.45, 7) is 2.10. The number of ether oxygens (including phenoxy) is 1. The third kappa shape index (κ3) is 6.91. The molecule has 1 unspecified atom stereocenters. The average molecular weight is 477 g/mol. The summed E-state index contributed by atoms with van der Waals surface area (Å²) in [5.41, 5.74) is 3.09. The minimum Gasteiger partial charge on any atom is -0.364 e. The Bertz CT molecular complexity index is 853. The summed E-state index contributed by atoms with van der Waals surface area (Å²) < 4.78 is 5.41. The minimum absolute atomic E-state index is 0.133. The van der Waals surface area contributed by atoms with Crippen LogP contribution in [-0.4, -0.2) is 53.7 Å². The van der Waals surface area contributed by atoms with Crippen LogP contribution in [0.15, 0.2) is 18.3 Å². The maximum Gasteiger partial charge on any atom is 0.267 e. The Labute approximate surface area is 200 Å². The van der Waals surface area contributed by atoms with Gasteiger partial charge in [-0.15, -0.1) is 0 Å². The molecule has 0 aromatic carbocycles. The van der Waals surface area contributed by atoms with Gasteiger partial charge in [0.15, 0.2) is 6.29 Å². The molecule has 9 heteroatoms. The maximum atomic E-state index is 12.8. The number of anilines is 1. The van der Waals surface area contributed by atoms with Crippen LogP contribution >= 0.6 is 11.6 Å². The molecule has 33 heavy (non-hydrogen) atoms. The van der Waals surface area contributed by atoms with Gasteiger partial charge in [-0.3, -0.25) is 9.59 Å². The Morgan fingerprint density at radius 2 is 1.97 bits per heavy atom. The Morgan fingerprint density at radius 3 is 2.73 bits per heavy atom. The van der Waals surface area contributed by atoms with Gasteiger partial charge in [-0.05, 0) is 49.8 Å². The Morgan fingerprint density at radius 1 is 1.15 bits per heavy atom. The molecule has 3 fully saturated rings. The molecule has 0 spiro atoms. The molecule has 4 rings (SSSR count). The molecule has 2 atom stereocenters. The first-order valence-corrected chi connectivity index (χ1v) is 12.4. The second-order valence-corrected chi connectivity index (χ2v) is 9.47. The van der Waals surface area contributed by atoms with Crippen molar-refractivity contribution in [3.8, 4) is 0 Å². The van der Waals surface area contributed by atoms with E-state index in [-0.39, 0.29) is 24.2 Å². The van der Waals surface area contributed by atoms with E-state index in [1.807, 2.05) is 4.90 Å². The first kappa shape index (κ1) is 24.0. The molecule has 1 aromatic rings. The fourth-order valence-corrected chi connectivity index (χ4v) is 4.89. The van der Waals surface area contributed by atoms with E-state index in [9.17, 15) is 9.59 Å². The molecular weight excluding hydrogens is 444 g/mol. The SMILES string of the molecule is O=C(/C=C/c1cnc(N[C@@H]2CCN(C(=O)C3CCCCC3)C2)c(Cl)c1)NOC1CCCCO1. The van der Waals surface area contributed by atoms with Gasteiger partial charge >= 0.3 is 0 Å². The second kappa shape index (κ2) is 11.8. The predicted molar refractivity (Wildman–Crippen MR) is 126 cm³/mol. The number of carbonyl (C=O) groups excluding carboxylic acids is 2. The van der Waals surface area contributed by atoms with Crippen LogP contribution in [0, 0.1) is 5.92 Å². The molecule has 8 nitrogen and oxygen atoms in total. The highest BCUT2D eigenvalue weighted by atomic mass is 35.5. The van der Waals surface area contributed by atoms with E-state index < -0.39 is 0 Å². The normalized spacial score (nSPS) is 24.2. The number of pyridine rings is 1. The summed E-state index contributed by atoms with van der Waals surface area (Å²) in [6, 6.07) is 1.89. The number of amides is 2. The van der Waals surface area contributed by atoms with Crippen molar-refractivity contribution in [1.82, 2.24) is 15.4 Å². The topological polar surface area (TPSA) is 92.8 Å². The number of halogens is 1. The highest BCUT2D eigenvalue weighted by molar-refractivity contribution is 6.33. The van der Waals surface area contributed by atoms with Crippen LogP contribution in [0.3, 0.4) is 0 Å². The highest BCUT2D eigenvalue weighted by Crippen LogP contribution is 2.28. The Kier molecular flexibility index (Phi) is 8.58. The molecule has 2 N–H and O–H groups in total. The van der Waals surface area contributed by atoms with E-state index in [0.717, 1.165) is 57.9 Å². The zero-order valence-corrected chi connectivity index (χ0v) is 19.7. The van der Waals surface area contributed by atoms with Gasteiger partial charge in [-0.25, -0.2) is 15.3 Å². The van der Waals surface area contributed by atoms with Gasteiger partial charge in [-0.1, -0.05) is 30.9 Å². The summed E-state index contributed by atoms with van der Waals surface area (Å²) in [6.07, 6.45) is 13.6. The highest BCUT2D eigenvalue weighted by Gasteiger charge is 2.31. The molecule has 1 aromatic heterocycles. The van der Waals surface area contributed by atoms with Crippen LogP contribution < -0.4 is 10.8 Å². The van der Waals surface area contributed by atoms with Gasteiger partial charge in [0, 0.05) is 50.3 Å². The number of hydroxylamine groups is 1. The number of likely N-dealkylation sites (tertiary alicyclic amines) is 1. The van der Waals surface area contributed by atoms with Crippen molar-refractivity contribution >= 4 is 35.3 Å². The molecule has 3 aliphatic rings. The third-order valence-corrected chi connectivity index (χ3v) is 6.80. The van der Waals surface area contributed by atoms with Gasteiger partial charge in [0.1, 0.15) is 5.82 Å². The number of aromatic nitrogens is 1. The summed E-state index contributed by atoms with van der Waals surface area (Å²) in [5, 5.41) is 3.85. The van der Waals surface area contributed by atoms with Crippen LogP contribution in [0.25, 0.3) is 6.08 Å². The molecule has 1 saturated carbocycles. The lowest BCUT2D eigenvalue weighted by Crippen LogP contribution is -2.36. The number of hydrogen-bond donors (Lipinski definition) is 2. The number of nitrogens with zero attached hydrogens (tertiary/aromatic N) is 2. The van der Waals surface area contributed by atoms with E-state index in [0.29, 0.717) is 35.5 Å². The quantitative estimate of drug-likeness (QED) is 0.457. The average Bonchev–Trinajstić information content (AvgIpc) is 3.32. The molecule has 2 saturated heterocycles. The van der Waals surface area contributed by atoms with Gasteiger partial charge in [0.2, 0.25) is 5.91 Å². The van der Waals surface area contributed by atoms with Crippen molar-refractivity contribution in [2.45, 2.75) is 70.1 Å². The molecule has 0 bridgehead atoms. The van der Waals surface area contributed by atoms with Crippen LogP contribution in [0.1, 0.15) is 63.4 Å². The molecule has 0 radical (unpaired) electrons. The smallest absolute Gasteiger partial charge is 0.267 e. The lowest BCUT2D eigenvalue weighted by atomic mass is 9.88. The fraction of sp³-hybridized carbons (Fsp3) is 0.625. The van der Waals surface area contributed by atoms with Crippen molar-refractivity contribution in [1.29, 1.82) is 0 Å². The molecular formula is C24H33ClN4O4. The van der Waals surface area contributed by atoms with Crippen molar-refractivity contribution in [2.24, 2.45) is 5.92 Å². The molecule has 2 aliphatic heterocycles. The summed E-state index contributed by atoms with van der Waals surface area (Å²) in [7, 11) is 0. The van der Waals surface area contributed by atoms with Crippen LogP contribution in [0.4, 0.5) is 5.82 Å². The van der Waals surface area contributed by atoms with Crippen molar-refractivity contribution < 1.29 is 19.2 Å². The standard InChI is InChI=1S/C24H33ClN4O4/c25-20-14-17(9-10-21(30)28-33-22-8-4-5-13-32-22)15-26-23(20)27-19-11-12-29(16-19)24(31)18-6-2-1-3-7-18/h9-10,14-15,18-19,22H,1-8,11-13,16H2,(H,26,27)(H,28,30)/b10-9+/t19-,22?/m1/s1. The predicted octanol–water partition coefficient (Wildman–Crippen LogP) is 3.92. The first-order chi connectivity index (χ1) is 16.1. The summed E-state index contributed by atoms with van der Waals surface area (Å²) in [4.78, 5) is 36.4. The van der Waals surface area contributed by atoms with Crippen molar-refractivity contribution in [2.75, 3.05) is 25.0 Å². The zero-order valence-electron chi connectivity index (χ0n) is 18.9. The fourth-order valence-electron chi connectivity index (χ4n) is 4.66. The van der Waals surface area contributed by atoms with E-state index in [4.69, 9.17) is 21.2 Å². The largest absolute Gasteiger partial charge is 0.364 e.